The van der Waals surface area contributed by atoms with E-state index in [4.69, 9.17) is 4.74 Å². The molecule has 3 atom stereocenters. The Bertz CT molecular complexity index is 262. The molecule has 0 radical (unpaired) electrons. The monoisotopic (exact) mass is 253 g/mol. The number of nitrogens with one attached hydrogen (secondary N) is 1. The normalized spacial score (nSPS) is 36.2. The molecule has 0 aromatic heterocycles. The van der Waals surface area contributed by atoms with Gasteiger partial charge in [-0.2, -0.15) is 0 Å². The fourth-order valence-electron chi connectivity index (χ4n) is 3.72. The van der Waals surface area contributed by atoms with Gasteiger partial charge in [0, 0.05) is 12.6 Å². The van der Waals surface area contributed by atoms with E-state index in [9.17, 15) is 0 Å². The highest BCUT2D eigenvalue weighted by Crippen LogP contribution is 2.32. The Morgan fingerprint density at radius 2 is 1.89 bits per heavy atom. The maximum absolute atomic E-state index is 6.07. The molecule has 0 amide bonds. The summed E-state index contributed by atoms with van der Waals surface area (Å²) in [5.41, 5.74) is 0.108. The van der Waals surface area contributed by atoms with Gasteiger partial charge in [0.25, 0.3) is 0 Å². The zero-order valence-corrected chi connectivity index (χ0v) is 12.7. The first-order chi connectivity index (χ1) is 8.48. The maximum Gasteiger partial charge on any atom is 0.0707 e. The molecule has 0 spiro atoms. The van der Waals surface area contributed by atoms with Gasteiger partial charge in [-0.15, -0.1) is 0 Å². The van der Waals surface area contributed by atoms with Gasteiger partial charge in [0.05, 0.1) is 11.7 Å². The minimum Gasteiger partial charge on any atom is -0.371 e. The van der Waals surface area contributed by atoms with Gasteiger partial charge in [-0.3, -0.25) is 0 Å². The van der Waals surface area contributed by atoms with Crippen LogP contribution < -0.4 is 5.32 Å². The van der Waals surface area contributed by atoms with E-state index in [1.54, 1.807) is 0 Å². The first-order valence-corrected chi connectivity index (χ1v) is 7.89. The molecule has 0 aromatic rings. The Morgan fingerprint density at radius 3 is 2.50 bits per heavy atom. The van der Waals surface area contributed by atoms with E-state index < -0.39 is 0 Å². The third-order valence-electron chi connectivity index (χ3n) is 4.84. The van der Waals surface area contributed by atoms with Crippen molar-refractivity contribution < 1.29 is 4.74 Å². The smallest absolute Gasteiger partial charge is 0.0707 e. The highest BCUT2D eigenvalue weighted by Gasteiger charge is 2.33. The van der Waals surface area contributed by atoms with Gasteiger partial charge in [0.2, 0.25) is 0 Å². The average Bonchev–Trinajstić information content (AvgIpc) is 2.66. The highest BCUT2D eigenvalue weighted by molar-refractivity contribution is 4.86. The van der Waals surface area contributed by atoms with Crippen LogP contribution in [-0.4, -0.2) is 24.3 Å². The van der Waals surface area contributed by atoms with Crippen molar-refractivity contribution in [1.82, 2.24) is 5.32 Å². The molecule has 3 unspecified atom stereocenters. The van der Waals surface area contributed by atoms with E-state index in [0.717, 1.165) is 24.4 Å². The van der Waals surface area contributed by atoms with Crippen molar-refractivity contribution in [3.8, 4) is 0 Å². The highest BCUT2D eigenvalue weighted by atomic mass is 16.5. The van der Waals surface area contributed by atoms with Gasteiger partial charge in [0.1, 0.15) is 0 Å². The lowest BCUT2D eigenvalue weighted by Crippen LogP contribution is -2.44. The second kappa shape index (κ2) is 5.92. The largest absolute Gasteiger partial charge is 0.371 e. The molecular formula is C16H31NO. The van der Waals surface area contributed by atoms with Gasteiger partial charge in [-0.1, -0.05) is 26.7 Å². The molecule has 0 bridgehead atoms. The van der Waals surface area contributed by atoms with Crippen LogP contribution in [0, 0.1) is 11.8 Å². The van der Waals surface area contributed by atoms with Crippen LogP contribution in [0.3, 0.4) is 0 Å². The topological polar surface area (TPSA) is 21.3 Å². The van der Waals surface area contributed by atoms with E-state index in [0.29, 0.717) is 6.10 Å². The molecule has 2 fully saturated rings. The molecule has 1 saturated carbocycles. The molecule has 2 heteroatoms. The van der Waals surface area contributed by atoms with E-state index in [2.05, 4.69) is 33.0 Å². The quantitative estimate of drug-likeness (QED) is 0.824. The van der Waals surface area contributed by atoms with Crippen molar-refractivity contribution in [2.75, 3.05) is 6.54 Å². The summed E-state index contributed by atoms with van der Waals surface area (Å²) in [5, 5.41) is 3.81. The van der Waals surface area contributed by atoms with Crippen LogP contribution in [0.25, 0.3) is 0 Å². The van der Waals surface area contributed by atoms with Crippen molar-refractivity contribution in [3.05, 3.63) is 0 Å². The number of hydrogen-bond acceptors (Lipinski definition) is 2. The summed E-state index contributed by atoms with van der Waals surface area (Å²) in [5.74, 6) is 1.68. The van der Waals surface area contributed by atoms with Gasteiger partial charge >= 0.3 is 0 Å². The fourth-order valence-corrected chi connectivity index (χ4v) is 3.72. The summed E-state index contributed by atoms with van der Waals surface area (Å²) in [6.07, 6.45) is 8.46. The molecule has 1 aliphatic heterocycles. The Balaban J connectivity index is 1.78. The summed E-state index contributed by atoms with van der Waals surface area (Å²) >= 11 is 0. The third kappa shape index (κ3) is 3.71. The lowest BCUT2D eigenvalue weighted by Gasteiger charge is -2.35. The third-order valence-corrected chi connectivity index (χ3v) is 4.84. The molecule has 0 aromatic carbocycles. The van der Waals surface area contributed by atoms with Crippen LogP contribution in [0.5, 0.6) is 0 Å². The van der Waals surface area contributed by atoms with E-state index in [1.807, 2.05) is 0 Å². The van der Waals surface area contributed by atoms with Crippen LogP contribution in [0.15, 0.2) is 0 Å². The first kappa shape index (κ1) is 14.3. The van der Waals surface area contributed by atoms with Crippen molar-refractivity contribution in [2.45, 2.75) is 84.0 Å². The van der Waals surface area contributed by atoms with E-state index in [1.165, 1.54) is 38.5 Å². The van der Waals surface area contributed by atoms with Crippen LogP contribution in [0.4, 0.5) is 0 Å². The number of ether oxygens (including phenoxy) is 1. The molecule has 2 aliphatic rings. The van der Waals surface area contributed by atoms with Crippen molar-refractivity contribution >= 4 is 0 Å². The molecule has 2 rings (SSSR count). The first-order valence-electron chi connectivity index (χ1n) is 7.89. The van der Waals surface area contributed by atoms with Crippen LogP contribution >= 0.6 is 0 Å². The summed E-state index contributed by atoms with van der Waals surface area (Å²) in [6, 6.07) is 0.728. The molecule has 18 heavy (non-hydrogen) atoms. The zero-order valence-electron chi connectivity index (χ0n) is 12.7. The SMILES string of the molecule is CC(C)C1CCCCC1NCC1CCC(C)(C)O1. The van der Waals surface area contributed by atoms with E-state index in [-0.39, 0.29) is 5.60 Å². The fraction of sp³-hybridized carbons (Fsp3) is 1.00. The number of rotatable bonds is 4. The summed E-state index contributed by atoms with van der Waals surface area (Å²) in [7, 11) is 0. The summed E-state index contributed by atoms with van der Waals surface area (Å²) in [4.78, 5) is 0. The van der Waals surface area contributed by atoms with Crippen LogP contribution in [0.1, 0.15) is 66.2 Å². The summed E-state index contributed by atoms with van der Waals surface area (Å²) in [6.45, 7) is 10.2. The van der Waals surface area contributed by atoms with Crippen molar-refractivity contribution in [3.63, 3.8) is 0 Å². The predicted molar refractivity (Wildman–Crippen MR) is 76.8 cm³/mol. The molecule has 106 valence electrons. The molecule has 2 nitrogen and oxygen atoms in total. The Morgan fingerprint density at radius 1 is 1.17 bits per heavy atom. The van der Waals surface area contributed by atoms with Crippen molar-refractivity contribution in [1.29, 1.82) is 0 Å². The Labute approximate surface area is 113 Å². The molecular weight excluding hydrogens is 222 g/mol. The Kier molecular flexibility index (Phi) is 4.71. The predicted octanol–water partition coefficient (Wildman–Crippen LogP) is 3.75. The summed E-state index contributed by atoms with van der Waals surface area (Å²) < 4.78 is 6.07. The molecule has 1 heterocycles. The van der Waals surface area contributed by atoms with Gasteiger partial charge in [-0.05, 0) is 51.4 Å². The zero-order chi connectivity index (χ0) is 13.2. The van der Waals surface area contributed by atoms with Crippen LogP contribution in [0.2, 0.25) is 0 Å². The van der Waals surface area contributed by atoms with Gasteiger partial charge < -0.3 is 10.1 Å². The maximum atomic E-state index is 6.07. The number of hydrogen-bond donors (Lipinski definition) is 1. The lowest BCUT2D eigenvalue weighted by molar-refractivity contribution is -0.0167. The molecule has 1 aliphatic carbocycles. The second-order valence-electron chi connectivity index (χ2n) is 7.25. The average molecular weight is 253 g/mol. The van der Waals surface area contributed by atoms with Crippen LogP contribution in [-0.2, 0) is 4.74 Å². The van der Waals surface area contributed by atoms with Crippen molar-refractivity contribution in [2.24, 2.45) is 11.8 Å². The van der Waals surface area contributed by atoms with Gasteiger partial charge in [0.15, 0.2) is 0 Å². The lowest BCUT2D eigenvalue weighted by atomic mass is 9.78. The standard InChI is InChI=1S/C16H31NO/c1-12(2)14-7-5-6-8-15(14)17-11-13-9-10-16(3,4)18-13/h12-15,17H,5-11H2,1-4H3. The second-order valence-corrected chi connectivity index (χ2v) is 7.25. The minimum atomic E-state index is 0.108. The molecule has 1 saturated heterocycles. The van der Waals surface area contributed by atoms with Gasteiger partial charge in [-0.25, -0.2) is 0 Å². The Hall–Kier alpha value is -0.0800. The molecule has 1 N–H and O–H groups in total. The van der Waals surface area contributed by atoms with E-state index >= 15 is 0 Å². The minimum absolute atomic E-state index is 0.108.